The number of carbonyl (C=O) groups is 2. The molecule has 0 aliphatic rings. The Kier molecular flexibility index (Phi) is 9.96. The van der Waals surface area contributed by atoms with E-state index in [0.29, 0.717) is 48.4 Å². The number of rotatable bonds is 12. The summed E-state index contributed by atoms with van der Waals surface area (Å²) in [6.45, 7) is 6.31. The summed E-state index contributed by atoms with van der Waals surface area (Å²) in [4.78, 5) is 41.3. The summed E-state index contributed by atoms with van der Waals surface area (Å²) >= 11 is 0. The number of nitrogens with one attached hydrogen (secondary N) is 1. The molecule has 2 heterocycles. The maximum absolute atomic E-state index is 14.8. The van der Waals surface area contributed by atoms with E-state index in [2.05, 4.69) is 5.32 Å². The standard InChI is InChI=1S/C33H39FN4O4/c1-6-11-30(39)35-24-16-14-22(15-17-24)26-18-31-37(19-23-12-9-10-13-28(23)34)20-27(33(41)42-25(7-2)8-3)32(40)38(31)29(26)21-36(4)5/h9-10,12-18,20,25H,6-8,11,19,21H2,1-5H3,(H,35,39). The molecule has 42 heavy (non-hydrogen) atoms. The van der Waals surface area contributed by atoms with E-state index < -0.39 is 11.5 Å². The molecular weight excluding hydrogens is 535 g/mol. The SMILES string of the molecule is CCCC(=O)Nc1ccc(-c2cc3n(Cc4ccccc4F)cc(C(=O)OC(CC)CC)c(=O)n3c2CN(C)C)cc1. The number of amides is 1. The van der Waals surface area contributed by atoms with Crippen molar-refractivity contribution in [1.82, 2.24) is 13.9 Å². The van der Waals surface area contributed by atoms with Gasteiger partial charge in [0.2, 0.25) is 5.91 Å². The highest BCUT2D eigenvalue weighted by molar-refractivity contribution is 5.91. The van der Waals surface area contributed by atoms with Crippen molar-refractivity contribution in [3.8, 4) is 11.1 Å². The fourth-order valence-electron chi connectivity index (χ4n) is 5.01. The first kappa shape index (κ1) is 30.7. The van der Waals surface area contributed by atoms with Crippen molar-refractivity contribution in [2.45, 2.75) is 65.6 Å². The first-order valence-electron chi connectivity index (χ1n) is 14.4. The van der Waals surface area contributed by atoms with Crippen LogP contribution in [0.5, 0.6) is 0 Å². The maximum atomic E-state index is 14.8. The maximum Gasteiger partial charge on any atom is 0.345 e. The van der Waals surface area contributed by atoms with Crippen molar-refractivity contribution in [2.24, 2.45) is 0 Å². The molecule has 0 radical (unpaired) electrons. The summed E-state index contributed by atoms with van der Waals surface area (Å²) in [5, 5.41) is 2.90. The molecule has 0 spiro atoms. The number of anilines is 1. The number of nitrogens with zero attached hydrogens (tertiary/aromatic N) is 3. The molecule has 0 fully saturated rings. The van der Waals surface area contributed by atoms with Crippen LogP contribution in [0.25, 0.3) is 16.8 Å². The van der Waals surface area contributed by atoms with Gasteiger partial charge in [-0.15, -0.1) is 0 Å². The average molecular weight is 575 g/mol. The fraction of sp³-hybridized carbons (Fsp3) is 0.364. The largest absolute Gasteiger partial charge is 0.459 e. The average Bonchev–Trinajstić information content (AvgIpc) is 3.33. The van der Waals surface area contributed by atoms with Gasteiger partial charge in [-0.05, 0) is 63.2 Å². The van der Waals surface area contributed by atoms with Crippen molar-refractivity contribution >= 4 is 23.2 Å². The molecule has 0 aliphatic heterocycles. The summed E-state index contributed by atoms with van der Waals surface area (Å²) in [6.07, 6.45) is 3.61. The lowest BCUT2D eigenvalue weighted by Crippen LogP contribution is -2.30. The van der Waals surface area contributed by atoms with Gasteiger partial charge < -0.3 is 19.5 Å². The Morgan fingerprint density at radius 2 is 1.71 bits per heavy atom. The highest BCUT2D eigenvalue weighted by Gasteiger charge is 2.24. The molecule has 0 saturated heterocycles. The van der Waals surface area contributed by atoms with Crippen LogP contribution in [-0.2, 0) is 22.6 Å². The van der Waals surface area contributed by atoms with E-state index in [1.54, 1.807) is 22.8 Å². The minimum absolute atomic E-state index is 0.0499. The van der Waals surface area contributed by atoms with Crippen molar-refractivity contribution in [1.29, 1.82) is 0 Å². The Balaban J connectivity index is 1.92. The molecule has 0 saturated carbocycles. The molecule has 2 aromatic carbocycles. The van der Waals surface area contributed by atoms with Crippen LogP contribution in [0, 0.1) is 5.82 Å². The van der Waals surface area contributed by atoms with Gasteiger partial charge in [0.15, 0.2) is 0 Å². The number of benzene rings is 2. The van der Waals surface area contributed by atoms with Crippen LogP contribution < -0.4 is 10.9 Å². The van der Waals surface area contributed by atoms with Crippen LogP contribution in [0.2, 0.25) is 0 Å². The third-order valence-electron chi connectivity index (χ3n) is 7.22. The van der Waals surface area contributed by atoms with Crippen LogP contribution in [0.3, 0.4) is 0 Å². The van der Waals surface area contributed by atoms with Gasteiger partial charge in [0.1, 0.15) is 23.1 Å². The second-order valence-electron chi connectivity index (χ2n) is 10.7. The minimum atomic E-state index is -0.698. The van der Waals surface area contributed by atoms with E-state index in [1.165, 1.54) is 16.7 Å². The van der Waals surface area contributed by atoms with E-state index >= 15 is 0 Å². The zero-order valence-electron chi connectivity index (χ0n) is 24.9. The molecule has 8 nitrogen and oxygen atoms in total. The molecule has 0 bridgehead atoms. The van der Waals surface area contributed by atoms with Gasteiger partial charge >= 0.3 is 5.97 Å². The van der Waals surface area contributed by atoms with E-state index in [1.807, 2.05) is 70.1 Å². The van der Waals surface area contributed by atoms with Crippen LogP contribution in [0.4, 0.5) is 10.1 Å². The molecular formula is C33H39FN4O4. The van der Waals surface area contributed by atoms with E-state index in [0.717, 1.165) is 17.5 Å². The molecule has 2 aromatic heterocycles. The summed E-state index contributed by atoms with van der Waals surface area (Å²) in [6, 6.07) is 15.8. The third-order valence-corrected chi connectivity index (χ3v) is 7.22. The number of carbonyl (C=O) groups excluding carboxylic acids is 2. The van der Waals surface area contributed by atoms with E-state index in [4.69, 9.17) is 4.74 Å². The molecule has 4 rings (SSSR count). The highest BCUT2D eigenvalue weighted by atomic mass is 19.1. The molecule has 0 unspecified atom stereocenters. The summed E-state index contributed by atoms with van der Waals surface area (Å²) in [5.41, 5.74) is 3.34. The second-order valence-corrected chi connectivity index (χ2v) is 10.7. The van der Waals surface area contributed by atoms with Crippen LogP contribution in [0.15, 0.2) is 65.6 Å². The lowest BCUT2D eigenvalue weighted by Gasteiger charge is -2.17. The van der Waals surface area contributed by atoms with Crippen LogP contribution in [0.1, 0.15) is 68.1 Å². The number of aromatic nitrogens is 2. The molecule has 9 heteroatoms. The molecule has 222 valence electrons. The van der Waals surface area contributed by atoms with Crippen molar-refractivity contribution in [3.63, 3.8) is 0 Å². The fourth-order valence-corrected chi connectivity index (χ4v) is 5.01. The smallest absolute Gasteiger partial charge is 0.345 e. The van der Waals surface area contributed by atoms with Crippen LogP contribution >= 0.6 is 0 Å². The summed E-state index contributed by atoms with van der Waals surface area (Å²) in [7, 11) is 3.80. The molecule has 1 amide bonds. The Hall–Kier alpha value is -4.24. The van der Waals surface area contributed by atoms with E-state index in [9.17, 15) is 18.8 Å². The summed E-state index contributed by atoms with van der Waals surface area (Å²) in [5.74, 6) is -1.13. The Morgan fingerprint density at radius 1 is 1.02 bits per heavy atom. The van der Waals surface area contributed by atoms with Crippen molar-refractivity contribution in [3.05, 3.63) is 93.8 Å². The van der Waals surface area contributed by atoms with E-state index in [-0.39, 0.29) is 29.9 Å². The number of esters is 1. The van der Waals surface area contributed by atoms with Gasteiger partial charge in [0, 0.05) is 41.7 Å². The zero-order chi connectivity index (χ0) is 30.4. The van der Waals surface area contributed by atoms with Gasteiger partial charge in [0.25, 0.3) is 5.56 Å². The van der Waals surface area contributed by atoms with Gasteiger partial charge in [0.05, 0.1) is 6.54 Å². The number of hydrogen-bond acceptors (Lipinski definition) is 5. The summed E-state index contributed by atoms with van der Waals surface area (Å²) < 4.78 is 23.7. The van der Waals surface area contributed by atoms with Gasteiger partial charge in [-0.25, -0.2) is 9.18 Å². The second kappa shape index (κ2) is 13.6. The zero-order valence-corrected chi connectivity index (χ0v) is 24.9. The number of ether oxygens (including phenoxy) is 1. The molecule has 1 N–H and O–H groups in total. The Morgan fingerprint density at radius 3 is 2.33 bits per heavy atom. The normalized spacial score (nSPS) is 11.4. The number of hydrogen-bond donors (Lipinski definition) is 1. The lowest BCUT2D eigenvalue weighted by atomic mass is 10.1. The lowest BCUT2D eigenvalue weighted by molar-refractivity contribution is -0.116. The molecule has 4 aromatic rings. The Bertz CT molecular complexity index is 1620. The predicted molar refractivity (Wildman–Crippen MR) is 163 cm³/mol. The number of halogens is 1. The third kappa shape index (κ3) is 6.79. The van der Waals surface area contributed by atoms with Gasteiger partial charge in [-0.2, -0.15) is 0 Å². The monoisotopic (exact) mass is 574 g/mol. The highest BCUT2D eigenvalue weighted by Crippen LogP contribution is 2.30. The first-order valence-corrected chi connectivity index (χ1v) is 14.4. The number of fused-ring (bicyclic) bond motifs is 1. The molecule has 0 aliphatic carbocycles. The molecule has 0 atom stereocenters. The van der Waals surface area contributed by atoms with Gasteiger partial charge in [-0.1, -0.05) is 51.1 Å². The van der Waals surface area contributed by atoms with Gasteiger partial charge in [-0.3, -0.25) is 14.0 Å². The first-order chi connectivity index (χ1) is 20.2. The minimum Gasteiger partial charge on any atom is -0.459 e. The quantitative estimate of drug-likeness (QED) is 0.207. The van der Waals surface area contributed by atoms with Crippen molar-refractivity contribution < 1.29 is 18.7 Å². The Labute approximate surface area is 245 Å². The predicted octanol–water partition coefficient (Wildman–Crippen LogP) is 6.10. The topological polar surface area (TPSA) is 85.0 Å². The van der Waals surface area contributed by atoms with Crippen molar-refractivity contribution in [2.75, 3.05) is 19.4 Å². The van der Waals surface area contributed by atoms with Crippen LogP contribution in [-0.4, -0.2) is 45.9 Å².